The van der Waals surface area contributed by atoms with Crippen LogP contribution in [0.2, 0.25) is 0 Å². The van der Waals surface area contributed by atoms with Crippen LogP contribution in [-0.4, -0.2) is 15.8 Å². The minimum absolute atomic E-state index is 0.0163. The van der Waals surface area contributed by atoms with Crippen molar-refractivity contribution in [2.75, 3.05) is 0 Å². The van der Waals surface area contributed by atoms with E-state index >= 15 is 0 Å². The third-order valence-electron chi connectivity index (χ3n) is 4.98. The molecule has 1 aromatic heterocycles. The maximum absolute atomic E-state index is 13.4. The number of alkyl halides is 3. The normalized spacial score (nSPS) is 11.5. The van der Waals surface area contributed by atoms with E-state index in [4.69, 9.17) is 14.6 Å². The summed E-state index contributed by atoms with van der Waals surface area (Å²) in [5.41, 5.74) is 0.523. The topological polar surface area (TPSA) is 60.7 Å². The van der Waals surface area contributed by atoms with Gasteiger partial charge < -0.3 is 19.1 Å². The molecule has 3 aromatic carbocycles. The number of rotatable bonds is 6. The number of ether oxygens (including phenoxy) is 2. The smallest absolute Gasteiger partial charge is 0.489 e. The first-order valence-corrected chi connectivity index (χ1v) is 9.77. The van der Waals surface area contributed by atoms with E-state index in [0.717, 1.165) is 12.1 Å². The van der Waals surface area contributed by atoms with Crippen LogP contribution in [0.5, 0.6) is 11.5 Å². The van der Waals surface area contributed by atoms with E-state index in [1.54, 1.807) is 35.0 Å². The molecule has 33 heavy (non-hydrogen) atoms. The Kier molecular flexibility index (Phi) is 5.95. The van der Waals surface area contributed by atoms with Crippen LogP contribution in [0.3, 0.4) is 0 Å². The van der Waals surface area contributed by atoms with Gasteiger partial charge in [-0.15, -0.1) is 0 Å². The fourth-order valence-electron chi connectivity index (χ4n) is 3.51. The van der Waals surface area contributed by atoms with Crippen LogP contribution < -0.4 is 9.47 Å². The molecule has 170 valence electrons. The van der Waals surface area contributed by atoms with Crippen molar-refractivity contribution in [3.8, 4) is 11.5 Å². The molecule has 1 N–H and O–H groups in total. The van der Waals surface area contributed by atoms with Crippen LogP contribution in [0.15, 0.2) is 72.9 Å². The SMILES string of the molecule is O=C(O)Oc1cccc2c1ccn2Cc1cc(C(F)(F)F)ccc1OCc1cccc(F)c1. The molecule has 0 bridgehead atoms. The summed E-state index contributed by atoms with van der Waals surface area (Å²) in [5, 5.41) is 9.40. The van der Waals surface area contributed by atoms with E-state index in [0.29, 0.717) is 16.5 Å². The Balaban J connectivity index is 1.68. The fourth-order valence-corrected chi connectivity index (χ4v) is 3.51. The summed E-state index contributed by atoms with van der Waals surface area (Å²) in [7, 11) is 0. The molecule has 0 unspecified atom stereocenters. The van der Waals surface area contributed by atoms with E-state index in [1.165, 1.54) is 30.3 Å². The molecule has 4 rings (SSSR count). The molecule has 0 spiro atoms. The molecule has 1 heterocycles. The van der Waals surface area contributed by atoms with Gasteiger partial charge in [-0.1, -0.05) is 18.2 Å². The molecule has 0 fully saturated rings. The van der Waals surface area contributed by atoms with Gasteiger partial charge in [0.2, 0.25) is 0 Å². The maximum Gasteiger partial charge on any atom is 0.511 e. The Morgan fingerprint density at radius 2 is 1.76 bits per heavy atom. The van der Waals surface area contributed by atoms with Crippen LogP contribution in [-0.2, 0) is 19.3 Å². The van der Waals surface area contributed by atoms with Gasteiger partial charge in [-0.25, -0.2) is 9.18 Å². The molecule has 9 heteroatoms. The molecule has 0 aliphatic carbocycles. The average molecular weight is 459 g/mol. The summed E-state index contributed by atoms with van der Waals surface area (Å²) in [6, 6.07) is 15.3. The van der Waals surface area contributed by atoms with Gasteiger partial charge in [0.1, 0.15) is 23.9 Å². The number of carbonyl (C=O) groups is 1. The number of hydrogen-bond acceptors (Lipinski definition) is 3. The average Bonchev–Trinajstić information content (AvgIpc) is 3.16. The summed E-state index contributed by atoms with van der Waals surface area (Å²) in [4.78, 5) is 10.9. The third-order valence-corrected chi connectivity index (χ3v) is 4.98. The number of fused-ring (bicyclic) bond motifs is 1. The van der Waals surface area contributed by atoms with Crippen LogP contribution in [0.25, 0.3) is 10.9 Å². The maximum atomic E-state index is 13.4. The first kappa shape index (κ1) is 22.2. The highest BCUT2D eigenvalue weighted by atomic mass is 19.4. The van der Waals surface area contributed by atoms with Gasteiger partial charge in [-0.3, -0.25) is 0 Å². The Labute approximate surface area is 185 Å². The Morgan fingerprint density at radius 1 is 0.970 bits per heavy atom. The summed E-state index contributed by atoms with van der Waals surface area (Å²) >= 11 is 0. The van der Waals surface area contributed by atoms with Gasteiger partial charge in [0.15, 0.2) is 0 Å². The summed E-state index contributed by atoms with van der Waals surface area (Å²) in [5.74, 6) is -0.112. The molecule has 0 aliphatic rings. The van der Waals surface area contributed by atoms with Crippen molar-refractivity contribution < 1.29 is 36.9 Å². The number of nitrogens with zero attached hydrogens (tertiary/aromatic N) is 1. The number of hydrogen-bond donors (Lipinski definition) is 1. The zero-order valence-electron chi connectivity index (χ0n) is 17.0. The summed E-state index contributed by atoms with van der Waals surface area (Å²) in [6.45, 7) is -0.0123. The van der Waals surface area contributed by atoms with Gasteiger partial charge >= 0.3 is 12.3 Å². The quantitative estimate of drug-likeness (QED) is 0.204. The minimum atomic E-state index is -4.54. The molecule has 0 atom stereocenters. The van der Waals surface area contributed by atoms with Gasteiger partial charge in [-0.2, -0.15) is 13.2 Å². The highest BCUT2D eigenvalue weighted by Crippen LogP contribution is 2.34. The summed E-state index contributed by atoms with van der Waals surface area (Å²) in [6.07, 6.45) is -4.39. The molecular formula is C24H17F4NO4. The molecule has 5 nitrogen and oxygen atoms in total. The molecule has 4 aromatic rings. The lowest BCUT2D eigenvalue weighted by Crippen LogP contribution is -2.09. The number of carboxylic acid groups (broad SMARTS) is 1. The Bertz CT molecular complexity index is 1310. The van der Waals surface area contributed by atoms with Gasteiger partial charge in [0, 0.05) is 17.1 Å². The zero-order valence-corrected chi connectivity index (χ0v) is 17.0. The van der Waals surface area contributed by atoms with E-state index in [2.05, 4.69) is 0 Å². The lowest BCUT2D eigenvalue weighted by Gasteiger charge is -2.16. The van der Waals surface area contributed by atoms with Crippen LogP contribution in [0.1, 0.15) is 16.7 Å². The standard InChI is InChI=1S/C24H17F4NO4/c25-18-4-1-3-15(11-18)14-32-21-8-7-17(24(26,27)28)12-16(21)13-29-10-9-19-20(29)5-2-6-22(19)33-23(30)31/h1-12H,13-14H2,(H,30,31). The van der Waals surface area contributed by atoms with Crippen molar-refractivity contribution >= 4 is 17.1 Å². The number of halogens is 4. The second-order valence-corrected chi connectivity index (χ2v) is 7.24. The van der Waals surface area contributed by atoms with E-state index in [9.17, 15) is 22.4 Å². The minimum Gasteiger partial charge on any atom is -0.489 e. The Morgan fingerprint density at radius 3 is 2.48 bits per heavy atom. The number of benzene rings is 3. The Hall–Kier alpha value is -4.01. The molecule has 0 aliphatic heterocycles. The zero-order chi connectivity index (χ0) is 23.6. The number of aromatic nitrogens is 1. The van der Waals surface area contributed by atoms with Crippen molar-refractivity contribution in [3.63, 3.8) is 0 Å². The van der Waals surface area contributed by atoms with Gasteiger partial charge in [0.25, 0.3) is 0 Å². The second kappa shape index (κ2) is 8.85. The third kappa shape index (κ3) is 5.08. The van der Waals surface area contributed by atoms with Crippen molar-refractivity contribution in [3.05, 3.63) is 95.4 Å². The van der Waals surface area contributed by atoms with E-state index < -0.39 is 23.7 Å². The van der Waals surface area contributed by atoms with Gasteiger partial charge in [0.05, 0.1) is 17.6 Å². The first-order valence-electron chi connectivity index (χ1n) is 9.77. The van der Waals surface area contributed by atoms with Crippen molar-refractivity contribution in [2.24, 2.45) is 0 Å². The largest absolute Gasteiger partial charge is 0.511 e. The van der Waals surface area contributed by atoms with Crippen molar-refractivity contribution in [1.82, 2.24) is 4.57 Å². The van der Waals surface area contributed by atoms with E-state index in [1.807, 2.05) is 0 Å². The molecular weight excluding hydrogens is 442 g/mol. The lowest BCUT2D eigenvalue weighted by atomic mass is 10.1. The van der Waals surface area contributed by atoms with Gasteiger partial charge in [-0.05, 0) is 54.1 Å². The fraction of sp³-hybridized carbons (Fsp3) is 0.125. The molecule has 0 saturated heterocycles. The monoisotopic (exact) mass is 459 g/mol. The molecule has 0 radical (unpaired) electrons. The van der Waals surface area contributed by atoms with Crippen LogP contribution in [0.4, 0.5) is 22.4 Å². The highest BCUT2D eigenvalue weighted by molar-refractivity contribution is 5.88. The molecule has 0 saturated carbocycles. The van der Waals surface area contributed by atoms with Crippen LogP contribution >= 0.6 is 0 Å². The highest BCUT2D eigenvalue weighted by Gasteiger charge is 2.31. The predicted octanol–water partition coefficient (Wildman–Crippen LogP) is 6.48. The van der Waals surface area contributed by atoms with Crippen molar-refractivity contribution in [1.29, 1.82) is 0 Å². The van der Waals surface area contributed by atoms with Crippen molar-refractivity contribution in [2.45, 2.75) is 19.3 Å². The molecule has 0 amide bonds. The van der Waals surface area contributed by atoms with E-state index in [-0.39, 0.29) is 30.2 Å². The summed E-state index contributed by atoms with van der Waals surface area (Å²) < 4.78 is 65.6. The lowest BCUT2D eigenvalue weighted by molar-refractivity contribution is -0.137. The predicted molar refractivity (Wildman–Crippen MR) is 112 cm³/mol. The second-order valence-electron chi connectivity index (χ2n) is 7.24. The van der Waals surface area contributed by atoms with Crippen LogP contribution in [0, 0.1) is 5.82 Å². The first-order chi connectivity index (χ1) is 15.7.